The van der Waals surface area contributed by atoms with E-state index in [-0.39, 0.29) is 12.1 Å². The van der Waals surface area contributed by atoms with Gasteiger partial charge in [-0.15, -0.1) is 0 Å². The number of hydrogen-bond acceptors (Lipinski definition) is 3. The molecule has 1 N–H and O–H groups in total. The van der Waals surface area contributed by atoms with E-state index in [9.17, 15) is 23.2 Å². The van der Waals surface area contributed by atoms with Crippen molar-refractivity contribution in [3.8, 4) is 0 Å². The van der Waals surface area contributed by atoms with Crippen LogP contribution in [-0.4, -0.2) is 27.2 Å². The number of carbonyl (C=O) groups is 3. The molecule has 0 amide bonds. The number of carbonyl (C=O) groups excluding carboxylic acids is 2. The number of nitrogens with zero attached hydrogens (tertiary/aromatic N) is 1. The highest BCUT2D eigenvalue weighted by atomic mass is 19.2. The molecule has 1 aromatic heterocycles. The fraction of sp³-hybridized carbons (Fsp3) is 0.133. The first kappa shape index (κ1) is 15.6. The predicted octanol–water partition coefficient (Wildman–Crippen LogP) is 2.04. The number of aromatic nitrogens is 1. The molecule has 0 fully saturated rings. The Morgan fingerprint density at radius 2 is 1.82 bits per heavy atom. The van der Waals surface area contributed by atoms with Crippen LogP contribution in [0.5, 0.6) is 0 Å². The van der Waals surface area contributed by atoms with Crippen molar-refractivity contribution in [2.75, 3.05) is 0 Å². The summed E-state index contributed by atoms with van der Waals surface area (Å²) in [5.41, 5.74) is 0.673. The van der Waals surface area contributed by atoms with Gasteiger partial charge in [0.25, 0.3) is 0 Å². The smallest absolute Gasteiger partial charge is 0.372 e. The molecule has 0 radical (unpaired) electrons. The molecule has 0 saturated heterocycles. The second-order valence-electron chi connectivity index (χ2n) is 4.65. The van der Waals surface area contributed by atoms with Gasteiger partial charge in [0.1, 0.15) is 0 Å². The second kappa shape index (κ2) is 6.30. The highest BCUT2D eigenvalue weighted by molar-refractivity contribution is 6.37. The van der Waals surface area contributed by atoms with Crippen LogP contribution in [0.25, 0.3) is 0 Å². The largest absolute Gasteiger partial charge is 0.475 e. The summed E-state index contributed by atoms with van der Waals surface area (Å²) in [6.45, 7) is 0.206. The Labute approximate surface area is 123 Å². The van der Waals surface area contributed by atoms with Crippen molar-refractivity contribution in [1.82, 2.24) is 4.57 Å². The van der Waals surface area contributed by atoms with Gasteiger partial charge in [-0.05, 0) is 23.8 Å². The van der Waals surface area contributed by atoms with Crippen molar-refractivity contribution < 1.29 is 28.3 Å². The first-order chi connectivity index (χ1) is 10.4. The lowest BCUT2D eigenvalue weighted by molar-refractivity contribution is -0.148. The van der Waals surface area contributed by atoms with E-state index in [4.69, 9.17) is 5.11 Å². The summed E-state index contributed by atoms with van der Waals surface area (Å²) in [5, 5.41) is 8.45. The van der Waals surface area contributed by atoms with Gasteiger partial charge in [0.15, 0.2) is 17.4 Å². The molecule has 5 nitrogen and oxygen atoms in total. The van der Waals surface area contributed by atoms with Crippen LogP contribution in [0.2, 0.25) is 0 Å². The Bertz CT molecular complexity index is 752. The normalized spacial score (nSPS) is 10.5. The lowest BCUT2D eigenvalue weighted by Gasteiger charge is -2.03. The molecule has 0 aliphatic carbocycles. The Morgan fingerprint density at radius 3 is 2.45 bits per heavy atom. The average Bonchev–Trinajstić information content (AvgIpc) is 2.91. The Kier molecular flexibility index (Phi) is 4.45. The van der Waals surface area contributed by atoms with Gasteiger partial charge < -0.3 is 9.67 Å². The first-order valence-corrected chi connectivity index (χ1v) is 6.26. The molecular weight excluding hydrogens is 296 g/mol. The van der Waals surface area contributed by atoms with Gasteiger partial charge in [-0.3, -0.25) is 9.59 Å². The highest BCUT2D eigenvalue weighted by Gasteiger charge is 2.18. The standard InChI is InChI=1S/C15H11F2NO4/c16-11-2-1-9(5-12(11)17)7-18-4-3-10(8-18)13(19)6-14(20)15(21)22/h1-5,8H,6-7H2,(H,21,22). The maximum absolute atomic E-state index is 13.1. The monoisotopic (exact) mass is 307 g/mol. The molecule has 2 rings (SSSR count). The van der Waals surface area contributed by atoms with E-state index >= 15 is 0 Å². The summed E-state index contributed by atoms with van der Waals surface area (Å²) in [5.74, 6) is -5.36. The van der Waals surface area contributed by atoms with Gasteiger partial charge in [-0.2, -0.15) is 0 Å². The molecule has 0 spiro atoms. The molecule has 1 heterocycles. The third kappa shape index (κ3) is 3.63. The van der Waals surface area contributed by atoms with E-state index in [1.807, 2.05) is 0 Å². The van der Waals surface area contributed by atoms with Crippen LogP contribution in [-0.2, 0) is 16.1 Å². The van der Waals surface area contributed by atoms with Gasteiger partial charge in [-0.25, -0.2) is 13.6 Å². The summed E-state index contributed by atoms with van der Waals surface area (Å²) in [6.07, 6.45) is 2.23. The van der Waals surface area contributed by atoms with E-state index in [1.165, 1.54) is 24.5 Å². The zero-order valence-electron chi connectivity index (χ0n) is 11.3. The minimum Gasteiger partial charge on any atom is -0.475 e. The minimum absolute atomic E-state index is 0.178. The molecule has 114 valence electrons. The van der Waals surface area contributed by atoms with E-state index in [0.29, 0.717) is 5.56 Å². The molecule has 22 heavy (non-hydrogen) atoms. The Balaban J connectivity index is 2.07. The minimum atomic E-state index is -1.66. The Morgan fingerprint density at radius 1 is 1.09 bits per heavy atom. The molecular formula is C15H11F2NO4. The third-order valence-corrected chi connectivity index (χ3v) is 2.98. The topological polar surface area (TPSA) is 76.4 Å². The fourth-order valence-corrected chi connectivity index (χ4v) is 1.88. The number of rotatable bonds is 6. The first-order valence-electron chi connectivity index (χ1n) is 6.26. The molecule has 7 heteroatoms. The molecule has 2 aromatic rings. The molecule has 0 aliphatic heterocycles. The van der Waals surface area contributed by atoms with Gasteiger partial charge in [0, 0.05) is 24.5 Å². The van der Waals surface area contributed by atoms with Crippen molar-refractivity contribution in [3.05, 3.63) is 59.4 Å². The number of aliphatic carboxylic acids is 1. The number of hydrogen-bond donors (Lipinski definition) is 1. The van der Waals surface area contributed by atoms with Crippen molar-refractivity contribution in [2.45, 2.75) is 13.0 Å². The number of carboxylic acid groups (broad SMARTS) is 1. The molecule has 0 bridgehead atoms. The van der Waals surface area contributed by atoms with Crippen LogP contribution in [0.3, 0.4) is 0 Å². The van der Waals surface area contributed by atoms with Crippen LogP contribution in [0.4, 0.5) is 8.78 Å². The molecule has 0 aliphatic rings. The van der Waals surface area contributed by atoms with Gasteiger partial charge in [0.2, 0.25) is 5.78 Å². The third-order valence-electron chi connectivity index (χ3n) is 2.98. The average molecular weight is 307 g/mol. The van der Waals surface area contributed by atoms with Crippen LogP contribution in [0, 0.1) is 11.6 Å². The van der Waals surface area contributed by atoms with Crippen LogP contribution < -0.4 is 0 Å². The molecule has 0 unspecified atom stereocenters. The van der Waals surface area contributed by atoms with Gasteiger partial charge >= 0.3 is 5.97 Å². The summed E-state index contributed by atoms with van der Waals surface area (Å²) in [4.78, 5) is 33.1. The van der Waals surface area contributed by atoms with Crippen molar-refractivity contribution in [1.29, 1.82) is 0 Å². The second-order valence-corrected chi connectivity index (χ2v) is 4.65. The van der Waals surface area contributed by atoms with Gasteiger partial charge in [0.05, 0.1) is 6.42 Å². The quantitative estimate of drug-likeness (QED) is 0.503. The summed E-state index contributed by atoms with van der Waals surface area (Å²) < 4.78 is 27.5. The van der Waals surface area contributed by atoms with Gasteiger partial charge in [-0.1, -0.05) is 6.07 Å². The number of carboxylic acids is 1. The molecule has 1 aromatic carbocycles. The van der Waals surface area contributed by atoms with Crippen LogP contribution in [0.1, 0.15) is 22.3 Å². The summed E-state index contributed by atoms with van der Waals surface area (Å²) >= 11 is 0. The highest BCUT2D eigenvalue weighted by Crippen LogP contribution is 2.12. The lowest BCUT2D eigenvalue weighted by Crippen LogP contribution is -2.16. The molecule has 0 atom stereocenters. The van der Waals surface area contributed by atoms with E-state index in [0.717, 1.165) is 12.1 Å². The van der Waals surface area contributed by atoms with E-state index < -0.39 is 35.6 Å². The number of ketones is 2. The summed E-state index contributed by atoms with van der Waals surface area (Å²) in [6, 6.07) is 4.89. The molecule has 0 saturated carbocycles. The Hall–Kier alpha value is -2.83. The maximum atomic E-state index is 13.1. The summed E-state index contributed by atoms with van der Waals surface area (Å²) in [7, 11) is 0. The number of halogens is 2. The number of benzene rings is 1. The van der Waals surface area contributed by atoms with Crippen LogP contribution in [0.15, 0.2) is 36.7 Å². The fourth-order valence-electron chi connectivity index (χ4n) is 1.88. The van der Waals surface area contributed by atoms with Crippen molar-refractivity contribution in [2.24, 2.45) is 0 Å². The maximum Gasteiger partial charge on any atom is 0.372 e. The van der Waals surface area contributed by atoms with E-state index in [1.54, 1.807) is 4.57 Å². The lowest BCUT2D eigenvalue weighted by atomic mass is 10.1. The van der Waals surface area contributed by atoms with Crippen molar-refractivity contribution >= 4 is 17.5 Å². The van der Waals surface area contributed by atoms with E-state index in [2.05, 4.69) is 0 Å². The predicted molar refractivity (Wildman–Crippen MR) is 71.5 cm³/mol. The SMILES string of the molecule is O=C(O)C(=O)CC(=O)c1ccn(Cc2ccc(F)c(F)c2)c1. The number of Topliss-reactive ketones (excluding diaryl/α,β-unsaturated/α-hetero) is 2. The zero-order valence-corrected chi connectivity index (χ0v) is 11.3. The van der Waals surface area contributed by atoms with Crippen molar-refractivity contribution in [3.63, 3.8) is 0 Å². The van der Waals surface area contributed by atoms with Crippen LogP contribution >= 0.6 is 0 Å². The zero-order chi connectivity index (χ0) is 16.3.